The Balaban J connectivity index is 1.29. The zero-order valence-corrected chi connectivity index (χ0v) is 21.3. The average Bonchev–Trinajstić information content (AvgIpc) is 3.76. The summed E-state index contributed by atoms with van der Waals surface area (Å²) < 4.78 is 42.0. The lowest BCUT2D eigenvalue weighted by Crippen LogP contribution is -2.58. The van der Waals surface area contributed by atoms with Gasteiger partial charge in [-0.15, -0.1) is 0 Å². The van der Waals surface area contributed by atoms with Gasteiger partial charge in [0.2, 0.25) is 0 Å². The summed E-state index contributed by atoms with van der Waals surface area (Å²) in [5.41, 5.74) is 2.63. The molecule has 0 aromatic heterocycles. The number of amides is 1. The van der Waals surface area contributed by atoms with Gasteiger partial charge in [0.25, 0.3) is 5.91 Å². The van der Waals surface area contributed by atoms with Crippen molar-refractivity contribution < 1.29 is 32.6 Å². The SMILES string of the molecule is COc1cccc(COCCCOc2ccc(S(=O)(=O)C3(C(=O)NO)CCN(C4CC4)CC3)cc2)c1. The summed E-state index contributed by atoms with van der Waals surface area (Å²) in [6.45, 7) is 2.43. The van der Waals surface area contributed by atoms with Gasteiger partial charge in [-0.2, -0.15) is 0 Å². The van der Waals surface area contributed by atoms with Crippen LogP contribution in [-0.2, 0) is 26.0 Å². The highest BCUT2D eigenvalue weighted by atomic mass is 32.2. The van der Waals surface area contributed by atoms with Crippen LogP contribution in [0.2, 0.25) is 0 Å². The number of likely N-dealkylation sites (tertiary alicyclic amines) is 1. The maximum Gasteiger partial charge on any atom is 0.265 e. The zero-order chi connectivity index (χ0) is 25.6. The molecule has 9 nitrogen and oxygen atoms in total. The first-order valence-corrected chi connectivity index (χ1v) is 13.7. The van der Waals surface area contributed by atoms with Crippen LogP contribution >= 0.6 is 0 Å². The molecule has 2 aromatic rings. The fourth-order valence-corrected chi connectivity index (χ4v) is 6.61. The van der Waals surface area contributed by atoms with Crippen LogP contribution < -0.4 is 15.0 Å². The maximum absolute atomic E-state index is 13.5. The smallest absolute Gasteiger partial charge is 0.265 e. The highest BCUT2D eigenvalue weighted by Crippen LogP contribution is 2.39. The Labute approximate surface area is 212 Å². The highest BCUT2D eigenvalue weighted by Gasteiger charge is 2.53. The fourth-order valence-electron chi connectivity index (χ4n) is 4.65. The number of ether oxygens (including phenoxy) is 3. The van der Waals surface area contributed by atoms with Gasteiger partial charge in [-0.25, -0.2) is 13.9 Å². The van der Waals surface area contributed by atoms with Gasteiger partial charge >= 0.3 is 0 Å². The molecular weight excluding hydrogens is 484 g/mol. The lowest BCUT2D eigenvalue weighted by Gasteiger charge is -2.39. The third kappa shape index (κ3) is 5.83. The first-order chi connectivity index (χ1) is 17.4. The molecule has 0 unspecified atom stereocenters. The van der Waals surface area contributed by atoms with Crippen molar-refractivity contribution in [1.82, 2.24) is 10.4 Å². The van der Waals surface area contributed by atoms with Gasteiger partial charge < -0.3 is 19.1 Å². The zero-order valence-electron chi connectivity index (χ0n) is 20.5. The van der Waals surface area contributed by atoms with Crippen LogP contribution in [0.25, 0.3) is 0 Å². The summed E-state index contributed by atoms with van der Waals surface area (Å²) in [7, 11) is -2.40. The molecule has 196 valence electrons. The molecule has 1 saturated heterocycles. The highest BCUT2D eigenvalue weighted by molar-refractivity contribution is 7.93. The second kappa shape index (κ2) is 11.6. The van der Waals surface area contributed by atoms with Crippen molar-refractivity contribution in [3.63, 3.8) is 0 Å². The molecule has 0 bridgehead atoms. The molecular formula is C26H34N2O7S. The van der Waals surface area contributed by atoms with Crippen molar-refractivity contribution in [2.45, 2.75) is 54.4 Å². The molecule has 1 aliphatic carbocycles. The summed E-state index contributed by atoms with van der Waals surface area (Å²) in [5.74, 6) is 0.453. The van der Waals surface area contributed by atoms with Crippen molar-refractivity contribution in [2.75, 3.05) is 33.4 Å². The Hall–Kier alpha value is -2.66. The molecule has 2 fully saturated rings. The third-order valence-electron chi connectivity index (χ3n) is 6.94. The molecule has 1 saturated carbocycles. The van der Waals surface area contributed by atoms with E-state index in [0.717, 1.165) is 24.2 Å². The van der Waals surface area contributed by atoms with E-state index in [0.29, 0.717) is 51.1 Å². The molecule has 4 rings (SSSR count). The van der Waals surface area contributed by atoms with Crippen molar-refractivity contribution in [3.8, 4) is 11.5 Å². The third-order valence-corrected chi connectivity index (χ3v) is 9.45. The topological polar surface area (TPSA) is 114 Å². The first kappa shape index (κ1) is 26.4. The summed E-state index contributed by atoms with van der Waals surface area (Å²) >= 11 is 0. The van der Waals surface area contributed by atoms with Gasteiger partial charge in [0.1, 0.15) is 11.5 Å². The van der Waals surface area contributed by atoms with Crippen LogP contribution in [-0.4, -0.2) is 68.6 Å². The van der Waals surface area contributed by atoms with Gasteiger partial charge in [0.15, 0.2) is 14.6 Å². The molecule has 0 atom stereocenters. The Morgan fingerprint density at radius 1 is 1.08 bits per heavy atom. The minimum atomic E-state index is -4.03. The number of piperidine rings is 1. The van der Waals surface area contributed by atoms with Gasteiger partial charge in [0.05, 0.1) is 31.8 Å². The van der Waals surface area contributed by atoms with Crippen LogP contribution in [0.4, 0.5) is 0 Å². The van der Waals surface area contributed by atoms with Crippen molar-refractivity contribution in [1.29, 1.82) is 0 Å². The average molecular weight is 519 g/mol. The molecule has 2 N–H and O–H groups in total. The fraction of sp³-hybridized carbons (Fsp3) is 0.500. The number of nitrogens with zero attached hydrogens (tertiary/aromatic N) is 1. The van der Waals surface area contributed by atoms with E-state index < -0.39 is 20.5 Å². The summed E-state index contributed by atoms with van der Waals surface area (Å²) in [6, 6.07) is 14.3. The number of hydrogen-bond donors (Lipinski definition) is 2. The second-order valence-electron chi connectivity index (χ2n) is 9.28. The number of hydroxylamine groups is 1. The number of nitrogens with one attached hydrogen (secondary N) is 1. The predicted molar refractivity (Wildman–Crippen MR) is 133 cm³/mol. The van der Waals surface area contributed by atoms with Crippen molar-refractivity contribution in [2.24, 2.45) is 0 Å². The van der Waals surface area contributed by atoms with E-state index in [9.17, 15) is 18.4 Å². The molecule has 1 amide bonds. The lowest BCUT2D eigenvalue weighted by molar-refractivity contribution is -0.133. The Morgan fingerprint density at radius 3 is 2.44 bits per heavy atom. The molecule has 2 aromatic carbocycles. The van der Waals surface area contributed by atoms with Crippen LogP contribution in [0.1, 0.15) is 37.7 Å². The van der Waals surface area contributed by atoms with E-state index >= 15 is 0 Å². The standard InChI is InChI=1S/C26H34N2O7S/c1-33-23-5-2-4-20(18-23)19-34-16-3-17-35-22-8-10-24(11-9-22)36(31,32)26(25(29)27-30)12-14-28(15-13-26)21-6-7-21/h2,4-5,8-11,18,21,30H,3,6-7,12-17,19H2,1H3,(H,27,29). The van der Waals surface area contributed by atoms with E-state index in [2.05, 4.69) is 4.90 Å². The molecule has 10 heteroatoms. The predicted octanol–water partition coefficient (Wildman–Crippen LogP) is 2.96. The van der Waals surface area contributed by atoms with Crippen LogP contribution in [0.15, 0.2) is 53.4 Å². The first-order valence-electron chi connectivity index (χ1n) is 12.3. The Morgan fingerprint density at radius 2 is 1.81 bits per heavy atom. The Bertz CT molecular complexity index is 1130. The minimum absolute atomic E-state index is 0.0416. The van der Waals surface area contributed by atoms with Gasteiger partial charge in [-0.1, -0.05) is 12.1 Å². The number of carbonyl (C=O) groups is 1. The molecule has 36 heavy (non-hydrogen) atoms. The van der Waals surface area contributed by atoms with E-state index in [4.69, 9.17) is 14.2 Å². The van der Waals surface area contributed by atoms with E-state index in [1.807, 2.05) is 24.3 Å². The quantitative estimate of drug-likeness (QED) is 0.250. The Kier molecular flexibility index (Phi) is 8.50. The summed E-state index contributed by atoms with van der Waals surface area (Å²) in [5, 5.41) is 9.33. The number of hydrogen-bond acceptors (Lipinski definition) is 8. The number of sulfone groups is 1. The van der Waals surface area contributed by atoms with Crippen molar-refractivity contribution >= 4 is 15.7 Å². The number of benzene rings is 2. The lowest BCUT2D eigenvalue weighted by atomic mass is 9.94. The monoisotopic (exact) mass is 518 g/mol. The van der Waals surface area contributed by atoms with Gasteiger partial charge in [-0.3, -0.25) is 10.0 Å². The van der Waals surface area contributed by atoms with E-state index in [1.165, 1.54) is 12.1 Å². The van der Waals surface area contributed by atoms with Gasteiger partial charge in [-0.05, 0) is 67.6 Å². The second-order valence-corrected chi connectivity index (χ2v) is 11.5. The molecule has 0 spiro atoms. The normalized spacial score (nSPS) is 17.9. The minimum Gasteiger partial charge on any atom is -0.497 e. The largest absolute Gasteiger partial charge is 0.497 e. The number of carbonyl (C=O) groups excluding carboxylic acids is 1. The molecule has 1 aliphatic heterocycles. The maximum atomic E-state index is 13.5. The van der Waals surface area contributed by atoms with Crippen molar-refractivity contribution in [3.05, 3.63) is 54.1 Å². The van der Waals surface area contributed by atoms with Gasteiger partial charge in [0, 0.05) is 25.6 Å². The number of methoxy groups -OCH3 is 1. The van der Waals surface area contributed by atoms with Crippen LogP contribution in [0.3, 0.4) is 0 Å². The molecule has 1 heterocycles. The number of rotatable bonds is 12. The van der Waals surface area contributed by atoms with E-state index in [-0.39, 0.29) is 17.7 Å². The molecule has 2 aliphatic rings. The summed E-state index contributed by atoms with van der Waals surface area (Å²) in [6.07, 6.45) is 3.18. The van der Waals surface area contributed by atoms with E-state index in [1.54, 1.807) is 24.7 Å². The van der Waals surface area contributed by atoms with Crippen LogP contribution in [0, 0.1) is 0 Å². The summed E-state index contributed by atoms with van der Waals surface area (Å²) in [4.78, 5) is 14.9. The van der Waals surface area contributed by atoms with Crippen LogP contribution in [0.5, 0.6) is 11.5 Å². The molecule has 0 radical (unpaired) electrons.